The van der Waals surface area contributed by atoms with Gasteiger partial charge in [0, 0.05) is 29.0 Å². The van der Waals surface area contributed by atoms with Gasteiger partial charge in [-0.15, -0.1) is 0 Å². The van der Waals surface area contributed by atoms with Crippen molar-refractivity contribution in [3.63, 3.8) is 0 Å². The fourth-order valence-corrected chi connectivity index (χ4v) is 2.95. The summed E-state index contributed by atoms with van der Waals surface area (Å²) in [6, 6.07) is 16.1. The van der Waals surface area contributed by atoms with E-state index in [1.807, 2.05) is 30.3 Å². The minimum atomic E-state index is -0.317. The molecule has 0 saturated heterocycles. The fraction of sp³-hybridized carbons (Fsp3) is 0.263. The highest BCUT2D eigenvalue weighted by Crippen LogP contribution is 2.25. The Kier molecular flexibility index (Phi) is 5.30. The Bertz CT molecular complexity index is 731. The molecule has 0 heterocycles. The number of carbonyl (C=O) groups excluding carboxylic acids is 2. The number of nitrogens with one attached hydrogen (secondary N) is 3. The number of hydrogen-bond donors (Lipinski definition) is 4. The molecule has 0 aromatic heterocycles. The van der Waals surface area contributed by atoms with Crippen LogP contribution in [0.5, 0.6) is 0 Å². The number of anilines is 3. The molecule has 0 spiro atoms. The number of para-hydroxylation sites is 1. The van der Waals surface area contributed by atoms with E-state index in [-0.39, 0.29) is 23.9 Å². The fourth-order valence-electron chi connectivity index (χ4n) is 2.95. The Morgan fingerprint density at radius 3 is 1.92 bits per heavy atom. The third-order valence-electron chi connectivity index (χ3n) is 4.29. The van der Waals surface area contributed by atoms with Gasteiger partial charge in [-0.1, -0.05) is 18.2 Å². The van der Waals surface area contributed by atoms with Gasteiger partial charge in [0.25, 0.3) is 0 Å². The van der Waals surface area contributed by atoms with Gasteiger partial charge in [0.05, 0.1) is 0 Å². The Morgan fingerprint density at radius 1 is 0.800 bits per heavy atom. The summed E-state index contributed by atoms with van der Waals surface area (Å²) in [5, 5.41) is 8.40. The van der Waals surface area contributed by atoms with Crippen molar-refractivity contribution >= 4 is 29.0 Å². The van der Waals surface area contributed by atoms with Gasteiger partial charge in [-0.05, 0) is 55.7 Å². The van der Waals surface area contributed by atoms with E-state index in [0.29, 0.717) is 11.4 Å². The van der Waals surface area contributed by atoms with Crippen molar-refractivity contribution < 1.29 is 9.59 Å². The maximum atomic E-state index is 12.2. The van der Waals surface area contributed by atoms with Crippen LogP contribution in [0.1, 0.15) is 19.3 Å². The molecule has 3 rings (SSSR count). The molecule has 3 amide bonds. The van der Waals surface area contributed by atoms with Crippen LogP contribution in [-0.2, 0) is 4.79 Å². The van der Waals surface area contributed by atoms with Crippen molar-refractivity contribution in [2.45, 2.75) is 25.3 Å². The molecule has 1 aliphatic rings. The van der Waals surface area contributed by atoms with Gasteiger partial charge in [-0.3, -0.25) is 4.79 Å². The van der Waals surface area contributed by atoms with Crippen LogP contribution >= 0.6 is 0 Å². The number of hydrogen-bond acceptors (Lipinski definition) is 3. The zero-order chi connectivity index (χ0) is 17.6. The smallest absolute Gasteiger partial charge is 0.323 e. The largest absolute Gasteiger partial charge is 0.328 e. The van der Waals surface area contributed by atoms with E-state index < -0.39 is 0 Å². The normalized spacial score (nSPS) is 19.2. The van der Waals surface area contributed by atoms with Crippen LogP contribution in [0.25, 0.3) is 0 Å². The van der Waals surface area contributed by atoms with Crippen LogP contribution in [-0.4, -0.2) is 18.0 Å². The van der Waals surface area contributed by atoms with Crippen LogP contribution in [0.2, 0.25) is 0 Å². The number of nitrogens with two attached hydrogens (primary N) is 1. The average molecular weight is 338 g/mol. The zero-order valence-corrected chi connectivity index (χ0v) is 13.9. The molecule has 6 heteroatoms. The topological polar surface area (TPSA) is 96.2 Å². The Morgan fingerprint density at radius 2 is 1.36 bits per heavy atom. The molecule has 1 saturated carbocycles. The summed E-state index contributed by atoms with van der Waals surface area (Å²) >= 11 is 0. The van der Waals surface area contributed by atoms with E-state index >= 15 is 0 Å². The molecule has 6 nitrogen and oxygen atoms in total. The van der Waals surface area contributed by atoms with E-state index in [4.69, 9.17) is 5.73 Å². The van der Waals surface area contributed by atoms with Gasteiger partial charge >= 0.3 is 6.03 Å². The molecule has 2 aromatic rings. The summed E-state index contributed by atoms with van der Waals surface area (Å²) in [5.41, 5.74) is 7.93. The second-order valence-corrected chi connectivity index (χ2v) is 6.28. The van der Waals surface area contributed by atoms with Crippen LogP contribution in [0.15, 0.2) is 54.6 Å². The molecular weight excluding hydrogens is 316 g/mol. The van der Waals surface area contributed by atoms with Crippen molar-refractivity contribution in [1.29, 1.82) is 0 Å². The highest BCUT2D eigenvalue weighted by atomic mass is 16.2. The molecule has 1 aliphatic carbocycles. The summed E-state index contributed by atoms with van der Waals surface area (Å²) in [7, 11) is 0. The molecule has 0 aliphatic heterocycles. The number of carbonyl (C=O) groups is 2. The van der Waals surface area contributed by atoms with E-state index in [2.05, 4.69) is 16.0 Å². The highest BCUT2D eigenvalue weighted by Gasteiger charge is 2.27. The molecule has 2 aromatic carbocycles. The molecular formula is C19H22N4O2. The third kappa shape index (κ3) is 4.81. The van der Waals surface area contributed by atoms with Crippen LogP contribution in [0.3, 0.4) is 0 Å². The van der Waals surface area contributed by atoms with Crippen molar-refractivity contribution in [1.82, 2.24) is 0 Å². The molecule has 0 radical (unpaired) electrons. The molecule has 130 valence electrons. The van der Waals surface area contributed by atoms with E-state index in [1.54, 1.807) is 24.3 Å². The first-order chi connectivity index (χ1) is 12.1. The maximum absolute atomic E-state index is 12.2. The molecule has 5 N–H and O–H groups in total. The summed E-state index contributed by atoms with van der Waals surface area (Å²) in [6.45, 7) is 0. The quantitative estimate of drug-likeness (QED) is 0.688. The molecule has 25 heavy (non-hydrogen) atoms. The predicted octanol–water partition coefficient (Wildman–Crippen LogP) is 3.40. The molecule has 1 fully saturated rings. The van der Waals surface area contributed by atoms with E-state index in [1.165, 1.54) is 0 Å². The van der Waals surface area contributed by atoms with Crippen molar-refractivity contribution in [3.8, 4) is 0 Å². The summed E-state index contributed by atoms with van der Waals surface area (Å²) in [5.74, 6) is -0.0000634. The van der Waals surface area contributed by atoms with Crippen LogP contribution in [0.4, 0.5) is 21.9 Å². The number of amides is 3. The van der Waals surface area contributed by atoms with E-state index in [9.17, 15) is 9.59 Å². The van der Waals surface area contributed by atoms with Crippen LogP contribution in [0, 0.1) is 5.92 Å². The second kappa shape index (κ2) is 7.81. The predicted molar refractivity (Wildman–Crippen MR) is 99.5 cm³/mol. The van der Waals surface area contributed by atoms with Gasteiger partial charge in [-0.2, -0.15) is 0 Å². The summed E-state index contributed by atoms with van der Waals surface area (Å²) < 4.78 is 0. The first-order valence-corrected chi connectivity index (χ1v) is 8.40. The molecule has 2 atom stereocenters. The van der Waals surface area contributed by atoms with Gasteiger partial charge in [-0.25, -0.2) is 4.79 Å². The first kappa shape index (κ1) is 17.0. The Balaban J connectivity index is 1.51. The highest BCUT2D eigenvalue weighted by molar-refractivity contribution is 6.00. The number of urea groups is 1. The van der Waals surface area contributed by atoms with Crippen molar-refractivity contribution in [3.05, 3.63) is 54.6 Å². The first-order valence-electron chi connectivity index (χ1n) is 8.40. The van der Waals surface area contributed by atoms with Gasteiger partial charge in [0.15, 0.2) is 0 Å². The van der Waals surface area contributed by atoms with Gasteiger partial charge in [0.1, 0.15) is 0 Å². The Hall–Kier alpha value is -2.86. The lowest BCUT2D eigenvalue weighted by atomic mass is 10.1. The second-order valence-electron chi connectivity index (χ2n) is 6.28. The monoisotopic (exact) mass is 338 g/mol. The minimum absolute atomic E-state index is 0.00970. The van der Waals surface area contributed by atoms with Crippen LogP contribution < -0.4 is 21.7 Å². The Labute approximate surface area is 146 Å². The maximum Gasteiger partial charge on any atom is 0.323 e. The standard InChI is InChI=1S/C19H22N4O2/c20-14-7-6-13(12-14)18(24)21-16-8-10-17(11-9-16)23-19(25)22-15-4-2-1-3-5-15/h1-5,8-11,13-14H,6-7,12,20H2,(H,21,24)(H2,22,23,25). The van der Waals surface area contributed by atoms with Gasteiger partial charge in [0.2, 0.25) is 5.91 Å². The lowest BCUT2D eigenvalue weighted by molar-refractivity contribution is -0.119. The summed E-state index contributed by atoms with van der Waals surface area (Å²) in [4.78, 5) is 24.1. The van der Waals surface area contributed by atoms with Gasteiger partial charge < -0.3 is 21.7 Å². The summed E-state index contributed by atoms with van der Waals surface area (Å²) in [6.07, 6.45) is 2.48. The number of benzene rings is 2. The van der Waals surface area contributed by atoms with E-state index in [0.717, 1.165) is 24.9 Å². The molecule has 0 bridgehead atoms. The SMILES string of the molecule is NC1CCC(C(=O)Nc2ccc(NC(=O)Nc3ccccc3)cc2)C1. The lowest BCUT2D eigenvalue weighted by Gasteiger charge is -2.12. The minimum Gasteiger partial charge on any atom is -0.328 e. The van der Waals surface area contributed by atoms with Crippen molar-refractivity contribution in [2.75, 3.05) is 16.0 Å². The average Bonchev–Trinajstić information content (AvgIpc) is 3.04. The number of rotatable bonds is 4. The third-order valence-corrected chi connectivity index (χ3v) is 4.29. The van der Waals surface area contributed by atoms with Crippen molar-refractivity contribution in [2.24, 2.45) is 11.7 Å². The zero-order valence-electron chi connectivity index (χ0n) is 13.9. The molecule has 2 unspecified atom stereocenters. The lowest BCUT2D eigenvalue weighted by Crippen LogP contribution is -2.23.